The molecular formula is C16H22FNO3. The van der Waals surface area contributed by atoms with Crippen LogP contribution in [-0.4, -0.2) is 48.1 Å². The van der Waals surface area contributed by atoms with Gasteiger partial charge in [0.15, 0.2) is 5.78 Å². The predicted molar refractivity (Wildman–Crippen MR) is 78.2 cm³/mol. The molecule has 4 nitrogen and oxygen atoms in total. The number of rotatable bonds is 4. The Balaban J connectivity index is 2.06. The summed E-state index contributed by atoms with van der Waals surface area (Å²) in [7, 11) is 1.47. The zero-order valence-corrected chi connectivity index (χ0v) is 12.6. The van der Waals surface area contributed by atoms with Crippen LogP contribution >= 0.6 is 0 Å². The van der Waals surface area contributed by atoms with Gasteiger partial charge in [0.2, 0.25) is 0 Å². The number of methoxy groups -OCH3 is 1. The van der Waals surface area contributed by atoms with Crippen molar-refractivity contribution < 1.29 is 19.0 Å². The molecule has 1 aliphatic rings. The molecule has 2 rings (SSSR count). The maximum absolute atomic E-state index is 13.3. The summed E-state index contributed by atoms with van der Waals surface area (Å²) in [6, 6.07) is 3.96. The van der Waals surface area contributed by atoms with Gasteiger partial charge in [0, 0.05) is 6.54 Å². The van der Waals surface area contributed by atoms with Gasteiger partial charge in [0.1, 0.15) is 11.6 Å². The van der Waals surface area contributed by atoms with Gasteiger partial charge in [-0.3, -0.25) is 9.69 Å². The summed E-state index contributed by atoms with van der Waals surface area (Å²) in [5.41, 5.74) is -0.387. The lowest BCUT2D eigenvalue weighted by Gasteiger charge is -2.22. The fourth-order valence-electron chi connectivity index (χ4n) is 2.66. The molecule has 0 bridgehead atoms. The van der Waals surface area contributed by atoms with Crippen molar-refractivity contribution in [1.82, 2.24) is 4.90 Å². The second-order valence-corrected chi connectivity index (χ2v) is 5.89. The highest BCUT2D eigenvalue weighted by atomic mass is 19.1. The van der Waals surface area contributed by atoms with E-state index in [0.717, 1.165) is 19.4 Å². The van der Waals surface area contributed by atoms with Crippen LogP contribution in [0.2, 0.25) is 0 Å². The second kappa shape index (κ2) is 6.54. The summed E-state index contributed by atoms with van der Waals surface area (Å²) in [6.45, 7) is 3.47. The van der Waals surface area contributed by atoms with Gasteiger partial charge >= 0.3 is 0 Å². The molecule has 1 atom stereocenters. The number of halogens is 1. The minimum absolute atomic E-state index is 0.159. The Bertz CT molecular complexity index is 516. The molecule has 1 saturated heterocycles. The summed E-state index contributed by atoms with van der Waals surface area (Å²) in [5, 5.41) is 10.1. The molecule has 1 heterocycles. The molecule has 1 fully saturated rings. The number of aliphatic hydroxyl groups is 1. The number of nitrogens with zero attached hydrogens (tertiary/aromatic N) is 1. The lowest BCUT2D eigenvalue weighted by atomic mass is 9.98. The highest BCUT2D eigenvalue weighted by Gasteiger charge is 2.26. The van der Waals surface area contributed by atoms with Crippen LogP contribution in [0.4, 0.5) is 4.39 Å². The van der Waals surface area contributed by atoms with E-state index < -0.39 is 11.4 Å². The van der Waals surface area contributed by atoms with Gasteiger partial charge in [-0.15, -0.1) is 0 Å². The van der Waals surface area contributed by atoms with Crippen molar-refractivity contribution in [2.45, 2.75) is 31.8 Å². The summed E-state index contributed by atoms with van der Waals surface area (Å²) in [5.74, 6) is -0.214. The van der Waals surface area contributed by atoms with Crippen LogP contribution in [0.25, 0.3) is 0 Å². The van der Waals surface area contributed by atoms with E-state index in [1.165, 1.54) is 25.3 Å². The van der Waals surface area contributed by atoms with Crippen molar-refractivity contribution in [3.8, 4) is 5.75 Å². The number of benzene rings is 1. The molecule has 0 amide bonds. The summed E-state index contributed by atoms with van der Waals surface area (Å²) >= 11 is 0. The van der Waals surface area contributed by atoms with E-state index in [-0.39, 0.29) is 17.9 Å². The van der Waals surface area contributed by atoms with Gasteiger partial charge in [-0.1, -0.05) is 0 Å². The number of ketones is 1. The lowest BCUT2D eigenvalue weighted by molar-refractivity contribution is 0.0444. The number of hydrogen-bond donors (Lipinski definition) is 1. The average molecular weight is 295 g/mol. The quantitative estimate of drug-likeness (QED) is 0.866. The second-order valence-electron chi connectivity index (χ2n) is 5.89. The number of Topliss-reactive ketones (excluding diaryl/α,β-unsaturated/α-hetero) is 1. The van der Waals surface area contributed by atoms with E-state index >= 15 is 0 Å². The molecule has 0 saturated carbocycles. The number of hydrogen-bond acceptors (Lipinski definition) is 4. The molecular weight excluding hydrogens is 273 g/mol. The highest BCUT2D eigenvalue weighted by Crippen LogP contribution is 2.23. The molecule has 21 heavy (non-hydrogen) atoms. The fourth-order valence-corrected chi connectivity index (χ4v) is 2.66. The molecule has 0 spiro atoms. The Morgan fingerprint density at radius 1 is 1.43 bits per heavy atom. The Hall–Kier alpha value is -1.46. The number of ether oxygens (including phenoxy) is 1. The van der Waals surface area contributed by atoms with Crippen molar-refractivity contribution in [3.05, 3.63) is 29.6 Å². The van der Waals surface area contributed by atoms with Gasteiger partial charge in [-0.05, 0) is 50.9 Å². The molecule has 1 aliphatic heterocycles. The van der Waals surface area contributed by atoms with Crippen molar-refractivity contribution in [3.63, 3.8) is 0 Å². The van der Waals surface area contributed by atoms with E-state index in [1.807, 2.05) is 11.8 Å². The minimum atomic E-state index is -0.658. The molecule has 116 valence electrons. The Kier molecular flexibility index (Phi) is 4.96. The Morgan fingerprint density at radius 2 is 2.19 bits per heavy atom. The maximum atomic E-state index is 13.3. The first-order valence-corrected chi connectivity index (χ1v) is 7.23. The van der Waals surface area contributed by atoms with E-state index in [0.29, 0.717) is 18.7 Å². The van der Waals surface area contributed by atoms with Crippen LogP contribution in [-0.2, 0) is 0 Å². The molecule has 1 aromatic carbocycles. The third-order valence-corrected chi connectivity index (χ3v) is 3.99. The van der Waals surface area contributed by atoms with E-state index in [1.54, 1.807) is 0 Å². The van der Waals surface area contributed by atoms with Gasteiger partial charge < -0.3 is 9.84 Å². The van der Waals surface area contributed by atoms with Crippen LogP contribution in [0, 0.1) is 5.82 Å². The first-order valence-electron chi connectivity index (χ1n) is 7.23. The van der Waals surface area contributed by atoms with Gasteiger partial charge in [-0.2, -0.15) is 0 Å². The van der Waals surface area contributed by atoms with Gasteiger partial charge in [0.25, 0.3) is 0 Å². The van der Waals surface area contributed by atoms with Crippen molar-refractivity contribution in [2.75, 3.05) is 26.7 Å². The smallest absolute Gasteiger partial charge is 0.180 e. The molecule has 1 unspecified atom stereocenters. The van der Waals surface area contributed by atoms with Crippen LogP contribution in [0.3, 0.4) is 0 Å². The van der Waals surface area contributed by atoms with Crippen molar-refractivity contribution >= 4 is 5.78 Å². The monoisotopic (exact) mass is 295 g/mol. The Labute approximate surface area is 124 Å². The first kappa shape index (κ1) is 15.9. The molecule has 1 aromatic rings. The molecule has 0 aromatic heterocycles. The summed E-state index contributed by atoms with van der Waals surface area (Å²) in [4.78, 5) is 14.4. The van der Waals surface area contributed by atoms with E-state index in [2.05, 4.69) is 0 Å². The highest BCUT2D eigenvalue weighted by molar-refractivity contribution is 6.00. The van der Waals surface area contributed by atoms with Crippen LogP contribution in [0.15, 0.2) is 18.2 Å². The topological polar surface area (TPSA) is 49.8 Å². The molecule has 5 heteroatoms. The van der Waals surface area contributed by atoms with Gasteiger partial charge in [0.05, 0.1) is 24.8 Å². The normalized spacial score (nSPS) is 23.6. The van der Waals surface area contributed by atoms with Crippen LogP contribution < -0.4 is 4.74 Å². The van der Waals surface area contributed by atoms with Gasteiger partial charge in [-0.25, -0.2) is 4.39 Å². The molecule has 0 aliphatic carbocycles. The first-order chi connectivity index (χ1) is 9.91. The Morgan fingerprint density at radius 3 is 2.90 bits per heavy atom. The average Bonchev–Trinajstić information content (AvgIpc) is 2.60. The summed E-state index contributed by atoms with van der Waals surface area (Å²) in [6.07, 6.45) is 2.22. The third kappa shape index (κ3) is 4.25. The SMILES string of the molecule is COc1ccc(F)cc1C(=O)CN1CCCC(C)(O)CC1. The zero-order chi connectivity index (χ0) is 15.5. The molecule has 1 N–H and O–H groups in total. The number of carbonyl (C=O) groups is 1. The summed E-state index contributed by atoms with van der Waals surface area (Å²) < 4.78 is 18.5. The standard InChI is InChI=1S/C16H22FNO3/c1-16(20)6-3-8-18(9-7-16)11-14(19)13-10-12(17)4-5-15(13)21-2/h4-5,10,20H,3,6-9,11H2,1-2H3. The van der Waals surface area contributed by atoms with E-state index in [4.69, 9.17) is 4.74 Å². The predicted octanol–water partition coefficient (Wildman–Crippen LogP) is 2.25. The lowest BCUT2D eigenvalue weighted by Crippen LogP contribution is -2.32. The fraction of sp³-hybridized carbons (Fsp3) is 0.562. The number of carbonyl (C=O) groups excluding carboxylic acids is 1. The minimum Gasteiger partial charge on any atom is -0.496 e. The van der Waals surface area contributed by atoms with Crippen molar-refractivity contribution in [2.24, 2.45) is 0 Å². The largest absolute Gasteiger partial charge is 0.496 e. The van der Waals surface area contributed by atoms with E-state index in [9.17, 15) is 14.3 Å². The zero-order valence-electron chi connectivity index (χ0n) is 12.6. The van der Waals surface area contributed by atoms with Crippen LogP contribution in [0.1, 0.15) is 36.5 Å². The van der Waals surface area contributed by atoms with Crippen LogP contribution in [0.5, 0.6) is 5.75 Å². The third-order valence-electron chi connectivity index (χ3n) is 3.99. The van der Waals surface area contributed by atoms with Crippen molar-refractivity contribution in [1.29, 1.82) is 0 Å². The number of likely N-dealkylation sites (tertiary alicyclic amines) is 1. The maximum Gasteiger partial charge on any atom is 0.180 e. The molecule has 0 radical (unpaired) electrons.